The van der Waals surface area contributed by atoms with Gasteiger partial charge in [-0.1, -0.05) is 0 Å². The van der Waals surface area contributed by atoms with E-state index in [0.29, 0.717) is 0 Å². The molecule has 0 aliphatic carbocycles. The molecule has 0 radical (unpaired) electrons. The Morgan fingerprint density at radius 3 is 2.23 bits per heavy atom. The van der Waals surface area contributed by atoms with Crippen LogP contribution in [0, 0.1) is 0 Å². The predicted molar refractivity (Wildman–Crippen MR) is 55.8 cm³/mol. The maximum Gasteiger partial charge on any atom is 0.0719 e. The minimum Gasteiger partial charge on any atom is -0.391 e. The third kappa shape index (κ3) is 2.05. The lowest BCUT2D eigenvalue weighted by molar-refractivity contribution is -0.0852. The lowest BCUT2D eigenvalue weighted by Crippen LogP contribution is -2.62. The van der Waals surface area contributed by atoms with Crippen molar-refractivity contribution in [2.75, 3.05) is 6.54 Å². The average molecular weight is 185 g/mol. The van der Waals surface area contributed by atoms with Gasteiger partial charge in [0.2, 0.25) is 0 Å². The van der Waals surface area contributed by atoms with Gasteiger partial charge in [-0.15, -0.1) is 0 Å². The van der Waals surface area contributed by atoms with Crippen molar-refractivity contribution in [1.29, 1.82) is 0 Å². The van der Waals surface area contributed by atoms with Gasteiger partial charge in [-0.25, -0.2) is 0 Å². The Hall–Kier alpha value is -0.0800. The molecule has 0 spiro atoms. The van der Waals surface area contributed by atoms with Crippen molar-refractivity contribution in [3.8, 4) is 0 Å². The molecule has 1 fully saturated rings. The molecule has 1 atom stereocenters. The smallest absolute Gasteiger partial charge is 0.0719 e. The molecule has 1 aliphatic heterocycles. The molecular formula is C11H23NO. The highest BCUT2D eigenvalue weighted by atomic mass is 16.3. The van der Waals surface area contributed by atoms with Crippen molar-refractivity contribution in [1.82, 2.24) is 4.90 Å². The molecule has 1 rings (SSSR count). The van der Waals surface area contributed by atoms with Crippen molar-refractivity contribution in [3.63, 3.8) is 0 Å². The fraction of sp³-hybridized carbons (Fsp3) is 1.00. The van der Waals surface area contributed by atoms with Gasteiger partial charge in [-0.3, -0.25) is 4.90 Å². The Balaban J connectivity index is 2.84. The lowest BCUT2D eigenvalue weighted by Gasteiger charge is -2.52. The van der Waals surface area contributed by atoms with E-state index in [2.05, 4.69) is 39.5 Å². The van der Waals surface area contributed by atoms with Crippen molar-refractivity contribution in [2.24, 2.45) is 0 Å². The number of aliphatic hydroxyl groups excluding tert-OH is 1. The quantitative estimate of drug-likeness (QED) is 0.624. The number of aliphatic hydroxyl groups is 1. The summed E-state index contributed by atoms with van der Waals surface area (Å²) in [5.74, 6) is 0. The molecule has 0 aromatic carbocycles. The van der Waals surface area contributed by atoms with Crippen molar-refractivity contribution in [2.45, 2.75) is 64.6 Å². The van der Waals surface area contributed by atoms with Crippen LogP contribution in [0.15, 0.2) is 0 Å². The summed E-state index contributed by atoms with van der Waals surface area (Å²) in [5, 5.41) is 9.93. The number of hydrogen-bond donors (Lipinski definition) is 1. The van der Waals surface area contributed by atoms with Crippen LogP contribution in [-0.4, -0.2) is 33.7 Å². The Labute approximate surface area is 81.9 Å². The Morgan fingerprint density at radius 2 is 1.85 bits per heavy atom. The van der Waals surface area contributed by atoms with Gasteiger partial charge < -0.3 is 5.11 Å². The first-order chi connectivity index (χ1) is 5.76. The molecule has 1 saturated heterocycles. The monoisotopic (exact) mass is 185 g/mol. The minimum atomic E-state index is -0.180. The molecule has 2 nitrogen and oxygen atoms in total. The fourth-order valence-corrected chi connectivity index (χ4v) is 2.46. The predicted octanol–water partition coefficient (Wildman–Crippen LogP) is 2.02. The Kier molecular flexibility index (Phi) is 2.75. The molecule has 13 heavy (non-hydrogen) atoms. The topological polar surface area (TPSA) is 23.5 Å². The summed E-state index contributed by atoms with van der Waals surface area (Å²) in [7, 11) is 0. The average Bonchev–Trinajstić information content (AvgIpc) is 1.92. The summed E-state index contributed by atoms with van der Waals surface area (Å²) in [6.07, 6.45) is 1.88. The maximum atomic E-state index is 9.93. The highest BCUT2D eigenvalue weighted by Crippen LogP contribution is 2.33. The fourth-order valence-electron chi connectivity index (χ4n) is 2.46. The number of piperidine rings is 1. The highest BCUT2D eigenvalue weighted by molar-refractivity contribution is 4.97. The highest BCUT2D eigenvalue weighted by Gasteiger charge is 2.42. The van der Waals surface area contributed by atoms with Gasteiger partial charge in [0.25, 0.3) is 0 Å². The molecule has 0 saturated carbocycles. The zero-order valence-electron chi connectivity index (χ0n) is 9.59. The molecule has 2 heteroatoms. The Morgan fingerprint density at radius 1 is 1.31 bits per heavy atom. The normalized spacial score (nSPS) is 30.5. The van der Waals surface area contributed by atoms with Crippen LogP contribution in [0.1, 0.15) is 47.5 Å². The molecule has 0 amide bonds. The van der Waals surface area contributed by atoms with E-state index in [1.807, 2.05) is 0 Å². The number of hydrogen-bond acceptors (Lipinski definition) is 2. The van der Waals surface area contributed by atoms with E-state index in [4.69, 9.17) is 0 Å². The van der Waals surface area contributed by atoms with Crippen molar-refractivity contribution >= 4 is 0 Å². The zero-order chi connectivity index (χ0) is 10.3. The van der Waals surface area contributed by atoms with Gasteiger partial charge in [0.1, 0.15) is 0 Å². The molecule has 0 bridgehead atoms. The second-order valence-corrected chi connectivity index (χ2v) is 5.63. The van der Waals surface area contributed by atoms with Crippen LogP contribution in [0.2, 0.25) is 0 Å². The SMILES string of the molecule is CC(C)(C)N1CCCC(O)C1(C)C. The first kappa shape index (κ1) is 11.0. The summed E-state index contributed by atoms with van der Waals surface area (Å²) in [6.45, 7) is 12.0. The van der Waals surface area contributed by atoms with Crippen LogP contribution >= 0.6 is 0 Å². The van der Waals surface area contributed by atoms with Gasteiger partial charge in [-0.05, 0) is 54.0 Å². The van der Waals surface area contributed by atoms with E-state index in [9.17, 15) is 5.11 Å². The molecule has 78 valence electrons. The first-order valence-electron chi connectivity index (χ1n) is 5.22. The van der Waals surface area contributed by atoms with E-state index in [1.165, 1.54) is 0 Å². The largest absolute Gasteiger partial charge is 0.391 e. The van der Waals surface area contributed by atoms with E-state index in [1.54, 1.807) is 0 Å². The third-order valence-corrected chi connectivity index (χ3v) is 3.18. The van der Waals surface area contributed by atoms with E-state index >= 15 is 0 Å². The molecule has 1 unspecified atom stereocenters. The van der Waals surface area contributed by atoms with Gasteiger partial charge in [0, 0.05) is 11.1 Å². The van der Waals surface area contributed by atoms with Crippen molar-refractivity contribution in [3.05, 3.63) is 0 Å². The van der Waals surface area contributed by atoms with Crippen LogP contribution in [0.4, 0.5) is 0 Å². The number of rotatable bonds is 0. The van der Waals surface area contributed by atoms with Crippen LogP contribution in [0.3, 0.4) is 0 Å². The zero-order valence-corrected chi connectivity index (χ0v) is 9.59. The summed E-state index contributed by atoms with van der Waals surface area (Å²) in [5.41, 5.74) is 0.0847. The first-order valence-corrected chi connectivity index (χ1v) is 5.22. The molecule has 1 N–H and O–H groups in total. The van der Waals surface area contributed by atoms with Crippen molar-refractivity contribution < 1.29 is 5.11 Å². The molecule has 0 aromatic heterocycles. The van der Waals surface area contributed by atoms with Gasteiger partial charge in [0.15, 0.2) is 0 Å². The molecule has 1 aliphatic rings. The van der Waals surface area contributed by atoms with E-state index in [0.717, 1.165) is 19.4 Å². The lowest BCUT2D eigenvalue weighted by atomic mass is 9.83. The van der Waals surface area contributed by atoms with E-state index in [-0.39, 0.29) is 17.2 Å². The summed E-state index contributed by atoms with van der Waals surface area (Å²) in [6, 6.07) is 0. The van der Waals surface area contributed by atoms with Gasteiger partial charge in [0.05, 0.1) is 6.10 Å². The summed E-state index contributed by atoms with van der Waals surface area (Å²) < 4.78 is 0. The van der Waals surface area contributed by atoms with Crippen LogP contribution < -0.4 is 0 Å². The third-order valence-electron chi connectivity index (χ3n) is 3.18. The minimum absolute atomic E-state index is 0.0729. The van der Waals surface area contributed by atoms with Crippen LogP contribution in [0.25, 0.3) is 0 Å². The second kappa shape index (κ2) is 3.25. The maximum absolute atomic E-state index is 9.93. The van der Waals surface area contributed by atoms with Crippen LogP contribution in [-0.2, 0) is 0 Å². The summed E-state index contributed by atoms with van der Waals surface area (Å²) >= 11 is 0. The molecule has 0 aromatic rings. The van der Waals surface area contributed by atoms with Gasteiger partial charge >= 0.3 is 0 Å². The molecular weight excluding hydrogens is 162 g/mol. The number of likely N-dealkylation sites (tertiary alicyclic amines) is 1. The standard InChI is InChI=1S/C11H23NO/c1-10(2,3)12-8-6-7-9(13)11(12,4)5/h9,13H,6-8H2,1-5H3. The number of nitrogens with zero attached hydrogens (tertiary/aromatic N) is 1. The molecule has 1 heterocycles. The van der Waals surface area contributed by atoms with Gasteiger partial charge in [-0.2, -0.15) is 0 Å². The Bertz CT molecular complexity index is 181. The second-order valence-electron chi connectivity index (χ2n) is 5.63. The van der Waals surface area contributed by atoms with E-state index < -0.39 is 0 Å². The summed E-state index contributed by atoms with van der Waals surface area (Å²) in [4.78, 5) is 2.41. The van der Waals surface area contributed by atoms with Crippen LogP contribution in [0.5, 0.6) is 0 Å².